The first-order valence-corrected chi connectivity index (χ1v) is 14.4. The topological polar surface area (TPSA) is 52.5 Å². The summed E-state index contributed by atoms with van der Waals surface area (Å²) in [6.07, 6.45) is 14.8. The molecule has 0 heterocycles. The van der Waals surface area contributed by atoms with Gasteiger partial charge in [-0.15, -0.1) is 0 Å². The van der Waals surface area contributed by atoms with E-state index >= 15 is 0 Å². The molecule has 9 atom stereocenters. The van der Waals surface area contributed by atoms with Crippen molar-refractivity contribution in [2.75, 3.05) is 6.54 Å². The van der Waals surface area contributed by atoms with Crippen LogP contribution in [-0.4, -0.2) is 34.5 Å². The Morgan fingerprint density at radius 2 is 1.79 bits per heavy atom. The highest BCUT2D eigenvalue weighted by Gasteiger charge is 2.64. The molecule has 0 aromatic carbocycles. The summed E-state index contributed by atoms with van der Waals surface area (Å²) in [6.45, 7) is 15.3. The molecule has 0 aromatic heterocycles. The smallest absolute Gasteiger partial charge is 0.0919 e. The molecule has 4 aliphatic carbocycles. The molecule has 4 aliphatic rings. The van der Waals surface area contributed by atoms with Gasteiger partial charge < -0.3 is 15.5 Å². The van der Waals surface area contributed by atoms with Crippen molar-refractivity contribution in [1.82, 2.24) is 5.32 Å². The fourth-order valence-electron chi connectivity index (χ4n) is 9.13. The summed E-state index contributed by atoms with van der Waals surface area (Å²) >= 11 is 0. The van der Waals surface area contributed by atoms with Crippen LogP contribution in [0.4, 0.5) is 0 Å². The van der Waals surface area contributed by atoms with Crippen molar-refractivity contribution >= 4 is 0 Å². The molecule has 0 amide bonds. The highest BCUT2D eigenvalue weighted by Crippen LogP contribution is 2.67. The summed E-state index contributed by atoms with van der Waals surface area (Å²) in [6, 6.07) is -0.0338. The van der Waals surface area contributed by atoms with Crippen molar-refractivity contribution in [1.29, 1.82) is 0 Å². The van der Waals surface area contributed by atoms with Crippen LogP contribution in [0.1, 0.15) is 112 Å². The second-order valence-electron chi connectivity index (χ2n) is 13.5. The van der Waals surface area contributed by atoms with E-state index in [0.717, 1.165) is 43.6 Å². The maximum Gasteiger partial charge on any atom is 0.0919 e. The zero-order valence-electron chi connectivity index (χ0n) is 22.5. The molecule has 33 heavy (non-hydrogen) atoms. The molecule has 0 bridgehead atoms. The van der Waals surface area contributed by atoms with Crippen molar-refractivity contribution < 1.29 is 10.2 Å². The lowest BCUT2D eigenvalue weighted by Crippen LogP contribution is -2.68. The average molecular weight is 460 g/mol. The Kier molecular flexibility index (Phi) is 7.46. The predicted octanol–water partition coefficient (Wildman–Crippen LogP) is 6.48. The third-order valence-electron chi connectivity index (χ3n) is 11.1. The lowest BCUT2D eigenvalue weighted by Gasteiger charge is -2.63. The highest BCUT2D eigenvalue weighted by molar-refractivity contribution is 5.34. The summed E-state index contributed by atoms with van der Waals surface area (Å²) in [4.78, 5) is 0. The van der Waals surface area contributed by atoms with Gasteiger partial charge >= 0.3 is 0 Å². The van der Waals surface area contributed by atoms with Gasteiger partial charge in [0.15, 0.2) is 0 Å². The van der Waals surface area contributed by atoms with Crippen LogP contribution in [0.5, 0.6) is 0 Å². The Morgan fingerprint density at radius 1 is 1.03 bits per heavy atom. The number of hydrogen-bond donors (Lipinski definition) is 3. The van der Waals surface area contributed by atoms with E-state index in [-0.39, 0.29) is 17.6 Å². The third-order valence-corrected chi connectivity index (χ3v) is 11.1. The minimum absolute atomic E-state index is 0.0338. The van der Waals surface area contributed by atoms with Crippen molar-refractivity contribution in [2.24, 2.45) is 40.4 Å². The number of aliphatic hydroxyl groups is 2. The van der Waals surface area contributed by atoms with Crippen LogP contribution >= 0.6 is 0 Å². The SMILES string of the molecule is CCCN[C@@H]1C=C2[C@@H]3CC[C@H]([C@H](C)CCCC(C)C)[C@@]3(C)CC[C@@H]2[C@@]2(C)CC[C@H](O)C[C@]12O. The van der Waals surface area contributed by atoms with Gasteiger partial charge in [-0.1, -0.05) is 72.5 Å². The molecule has 3 saturated carbocycles. The Hall–Kier alpha value is -0.380. The molecule has 3 N–H and O–H groups in total. The van der Waals surface area contributed by atoms with E-state index in [4.69, 9.17) is 0 Å². The maximum atomic E-state index is 12.2. The number of aliphatic hydroxyl groups excluding tert-OH is 1. The largest absolute Gasteiger partial charge is 0.393 e. The summed E-state index contributed by atoms with van der Waals surface area (Å²) in [5.41, 5.74) is 1.11. The van der Waals surface area contributed by atoms with Gasteiger partial charge in [0.25, 0.3) is 0 Å². The van der Waals surface area contributed by atoms with Crippen molar-refractivity contribution in [3.05, 3.63) is 11.6 Å². The van der Waals surface area contributed by atoms with E-state index in [1.54, 1.807) is 5.57 Å². The fourth-order valence-corrected chi connectivity index (χ4v) is 9.13. The predicted molar refractivity (Wildman–Crippen MR) is 138 cm³/mol. The van der Waals surface area contributed by atoms with Gasteiger partial charge in [0.1, 0.15) is 0 Å². The standard InChI is InChI=1S/C30H53NO2/c1-7-17-31-27-18-23-25-12-11-24(21(4)10-8-9-20(2)3)28(25,5)15-14-26(23)29(6)16-13-22(32)19-30(27,29)33/h18,20-22,24-27,31-33H,7-17,19H2,1-6H3/t21-,22+,24-,25+,26+,27-,28-,29-,30+/m1/s1. The number of hydrogen-bond acceptors (Lipinski definition) is 3. The van der Waals surface area contributed by atoms with Crippen LogP contribution in [-0.2, 0) is 0 Å². The quantitative estimate of drug-likeness (QED) is 0.364. The fraction of sp³-hybridized carbons (Fsp3) is 0.933. The van der Waals surface area contributed by atoms with E-state index < -0.39 is 5.60 Å². The van der Waals surface area contributed by atoms with Crippen LogP contribution in [0.15, 0.2) is 11.6 Å². The van der Waals surface area contributed by atoms with Crippen LogP contribution in [0.2, 0.25) is 0 Å². The van der Waals surface area contributed by atoms with Crippen LogP contribution < -0.4 is 5.32 Å². The maximum absolute atomic E-state index is 12.2. The molecule has 4 rings (SSSR count). The monoisotopic (exact) mass is 459 g/mol. The van der Waals surface area contributed by atoms with E-state index in [1.165, 1.54) is 44.9 Å². The normalized spacial score (nSPS) is 45.8. The summed E-state index contributed by atoms with van der Waals surface area (Å²) < 4.78 is 0. The van der Waals surface area contributed by atoms with Crippen molar-refractivity contribution in [2.45, 2.75) is 130 Å². The minimum atomic E-state index is -0.843. The van der Waals surface area contributed by atoms with Crippen LogP contribution in [0.25, 0.3) is 0 Å². The lowest BCUT2D eigenvalue weighted by atomic mass is 9.45. The van der Waals surface area contributed by atoms with Gasteiger partial charge in [0, 0.05) is 11.8 Å². The van der Waals surface area contributed by atoms with Gasteiger partial charge in [-0.2, -0.15) is 0 Å². The van der Waals surface area contributed by atoms with Gasteiger partial charge in [-0.05, 0) is 86.5 Å². The van der Waals surface area contributed by atoms with E-state index in [9.17, 15) is 10.2 Å². The average Bonchev–Trinajstić information content (AvgIpc) is 3.10. The van der Waals surface area contributed by atoms with E-state index in [1.807, 2.05) is 0 Å². The number of fused-ring (bicyclic) bond motifs is 5. The minimum Gasteiger partial charge on any atom is -0.393 e. The molecule has 3 nitrogen and oxygen atoms in total. The number of allylic oxidation sites excluding steroid dienone is 1. The second kappa shape index (κ2) is 9.58. The van der Waals surface area contributed by atoms with E-state index in [0.29, 0.717) is 23.7 Å². The van der Waals surface area contributed by atoms with Crippen molar-refractivity contribution in [3.63, 3.8) is 0 Å². The first-order valence-electron chi connectivity index (χ1n) is 14.4. The highest BCUT2D eigenvalue weighted by atomic mass is 16.3. The molecule has 0 radical (unpaired) electrons. The Balaban J connectivity index is 1.62. The zero-order chi connectivity index (χ0) is 24.0. The first-order chi connectivity index (χ1) is 15.6. The van der Waals surface area contributed by atoms with Gasteiger partial charge in [-0.3, -0.25) is 0 Å². The molecule has 0 spiro atoms. The summed E-state index contributed by atoms with van der Waals surface area (Å²) in [7, 11) is 0. The molecule has 0 unspecified atom stereocenters. The van der Waals surface area contributed by atoms with Gasteiger partial charge in [0.05, 0.1) is 17.7 Å². The lowest BCUT2D eigenvalue weighted by molar-refractivity contribution is -0.181. The second-order valence-corrected chi connectivity index (χ2v) is 13.5. The summed E-state index contributed by atoms with van der Waals surface area (Å²) in [5, 5.41) is 26.4. The molecular weight excluding hydrogens is 406 g/mol. The first kappa shape index (κ1) is 25.7. The third kappa shape index (κ3) is 4.27. The molecule has 3 fully saturated rings. The number of nitrogens with one attached hydrogen (secondary N) is 1. The Labute approximate surface area is 204 Å². The molecule has 0 aromatic rings. The van der Waals surface area contributed by atoms with E-state index in [2.05, 4.69) is 52.9 Å². The van der Waals surface area contributed by atoms with Crippen LogP contribution in [0.3, 0.4) is 0 Å². The summed E-state index contributed by atoms with van der Waals surface area (Å²) in [5.74, 6) is 3.61. The zero-order valence-corrected chi connectivity index (χ0v) is 22.5. The van der Waals surface area contributed by atoms with Crippen LogP contribution in [0, 0.1) is 40.4 Å². The molecule has 190 valence electrons. The Bertz CT molecular complexity index is 718. The van der Waals surface area contributed by atoms with Gasteiger partial charge in [-0.25, -0.2) is 0 Å². The molecule has 3 heteroatoms. The Morgan fingerprint density at radius 3 is 2.48 bits per heavy atom. The van der Waals surface area contributed by atoms with Crippen molar-refractivity contribution in [3.8, 4) is 0 Å². The molecule has 0 aliphatic heterocycles. The van der Waals surface area contributed by atoms with Gasteiger partial charge in [0.2, 0.25) is 0 Å². The number of rotatable bonds is 8. The molecular formula is C30H53NO2. The molecule has 0 saturated heterocycles.